The van der Waals surface area contributed by atoms with Crippen LogP contribution < -0.4 is 0 Å². The topological polar surface area (TPSA) is 161 Å². The fourth-order valence-corrected chi connectivity index (χ4v) is 1.88. The first-order valence-electron chi connectivity index (χ1n) is 7.01. The zero-order valence-electron chi connectivity index (χ0n) is 13.7. The number of carbonyl (C=O) groups is 2. The first-order chi connectivity index (χ1) is 12.0. The highest BCUT2D eigenvalue weighted by atomic mass is 16.6. The van der Waals surface area contributed by atoms with Crippen LogP contribution in [0.5, 0.6) is 0 Å². The smallest absolute Gasteiger partial charge is 0.335 e. The summed E-state index contributed by atoms with van der Waals surface area (Å²) in [5, 5.41) is 37.9. The lowest BCUT2D eigenvalue weighted by Crippen LogP contribution is -1.99. The van der Waals surface area contributed by atoms with Crippen LogP contribution in [0.15, 0.2) is 36.4 Å². The largest absolute Gasteiger partial charge is 0.478 e. The maximum atomic E-state index is 10.5. The Morgan fingerprint density at radius 2 is 1.08 bits per heavy atom. The monoisotopic (exact) mass is 362 g/mol. The molecule has 0 atom stereocenters. The number of nitrogens with zero attached hydrogens (tertiary/aromatic N) is 2. The maximum Gasteiger partial charge on any atom is 0.335 e. The molecule has 0 amide bonds. The normalized spacial score (nSPS) is 9.62. The molecule has 0 aliphatic heterocycles. The molecule has 0 bridgehead atoms. The van der Waals surface area contributed by atoms with Gasteiger partial charge in [0.05, 0.1) is 21.0 Å². The summed E-state index contributed by atoms with van der Waals surface area (Å²) in [6.07, 6.45) is 0. The molecule has 0 fully saturated rings. The Morgan fingerprint density at radius 1 is 0.769 bits per heavy atom. The summed E-state index contributed by atoms with van der Waals surface area (Å²) in [4.78, 5) is 40.6. The Morgan fingerprint density at radius 3 is 1.31 bits per heavy atom. The van der Waals surface area contributed by atoms with E-state index < -0.39 is 21.8 Å². The Balaban J connectivity index is 0.000000260. The second-order valence-electron chi connectivity index (χ2n) is 5.13. The van der Waals surface area contributed by atoms with Crippen LogP contribution in [0.2, 0.25) is 0 Å². The number of hydrogen-bond acceptors (Lipinski definition) is 6. The molecule has 0 spiro atoms. The molecule has 0 aliphatic rings. The molecule has 10 heteroatoms. The van der Waals surface area contributed by atoms with Gasteiger partial charge in [0.15, 0.2) is 0 Å². The van der Waals surface area contributed by atoms with Crippen molar-refractivity contribution in [3.63, 3.8) is 0 Å². The van der Waals surface area contributed by atoms with Gasteiger partial charge in [0, 0.05) is 23.3 Å². The van der Waals surface area contributed by atoms with E-state index >= 15 is 0 Å². The highest BCUT2D eigenvalue weighted by molar-refractivity contribution is 5.89. The van der Waals surface area contributed by atoms with Gasteiger partial charge >= 0.3 is 11.9 Å². The van der Waals surface area contributed by atoms with Crippen molar-refractivity contribution >= 4 is 23.3 Å². The molecule has 0 aromatic heterocycles. The van der Waals surface area contributed by atoms with Crippen LogP contribution in [0.4, 0.5) is 11.4 Å². The van der Waals surface area contributed by atoms with Gasteiger partial charge in [-0.05, 0) is 26.0 Å². The van der Waals surface area contributed by atoms with E-state index in [0.29, 0.717) is 11.1 Å². The number of nitro benzene ring substituents is 2. The van der Waals surface area contributed by atoms with Crippen molar-refractivity contribution in [1.82, 2.24) is 0 Å². The molecule has 0 saturated carbocycles. The van der Waals surface area contributed by atoms with E-state index in [4.69, 9.17) is 10.2 Å². The van der Waals surface area contributed by atoms with Crippen LogP contribution in [0.25, 0.3) is 0 Å². The molecule has 0 heterocycles. The second-order valence-corrected chi connectivity index (χ2v) is 5.13. The quantitative estimate of drug-likeness (QED) is 0.619. The Bertz CT molecular complexity index is 818. The van der Waals surface area contributed by atoms with Gasteiger partial charge in [-0.15, -0.1) is 0 Å². The number of hydrogen-bond donors (Lipinski definition) is 2. The van der Waals surface area contributed by atoms with Crippen LogP contribution in [0, 0.1) is 34.1 Å². The van der Waals surface area contributed by atoms with Gasteiger partial charge in [-0.2, -0.15) is 0 Å². The molecule has 2 aromatic rings. The minimum atomic E-state index is -1.16. The van der Waals surface area contributed by atoms with E-state index in [9.17, 15) is 29.8 Å². The summed E-state index contributed by atoms with van der Waals surface area (Å²) in [5.41, 5.74) is 0.430. The van der Waals surface area contributed by atoms with Crippen LogP contribution in [-0.2, 0) is 0 Å². The molecular formula is C16H14N2O8. The number of rotatable bonds is 4. The average molecular weight is 362 g/mol. The number of nitro groups is 2. The van der Waals surface area contributed by atoms with Crippen molar-refractivity contribution in [3.8, 4) is 0 Å². The van der Waals surface area contributed by atoms with Crippen molar-refractivity contribution in [3.05, 3.63) is 78.9 Å². The fraction of sp³-hybridized carbons (Fsp3) is 0.125. The molecule has 0 saturated heterocycles. The average Bonchev–Trinajstić information content (AvgIpc) is 2.55. The minimum Gasteiger partial charge on any atom is -0.478 e. The van der Waals surface area contributed by atoms with Crippen molar-refractivity contribution < 1.29 is 29.6 Å². The third-order valence-electron chi connectivity index (χ3n) is 3.31. The van der Waals surface area contributed by atoms with Gasteiger partial charge in [-0.3, -0.25) is 20.2 Å². The molecule has 2 aromatic carbocycles. The maximum absolute atomic E-state index is 10.5. The number of carboxylic acid groups (broad SMARTS) is 2. The number of benzene rings is 2. The Labute approximate surface area is 146 Å². The van der Waals surface area contributed by atoms with E-state index in [1.807, 2.05) is 0 Å². The molecule has 0 aliphatic carbocycles. The van der Waals surface area contributed by atoms with Gasteiger partial charge in [-0.25, -0.2) is 9.59 Å². The number of aromatic carboxylic acids is 2. The summed E-state index contributed by atoms with van der Waals surface area (Å²) in [7, 11) is 0. The van der Waals surface area contributed by atoms with Gasteiger partial charge in [-0.1, -0.05) is 12.1 Å². The highest BCUT2D eigenvalue weighted by Crippen LogP contribution is 2.19. The van der Waals surface area contributed by atoms with Crippen molar-refractivity contribution in [1.29, 1.82) is 0 Å². The third-order valence-corrected chi connectivity index (χ3v) is 3.31. The Hall–Kier alpha value is -3.82. The van der Waals surface area contributed by atoms with E-state index in [2.05, 4.69) is 0 Å². The lowest BCUT2D eigenvalue weighted by molar-refractivity contribution is -0.385. The molecule has 2 N–H and O–H groups in total. The predicted molar refractivity (Wildman–Crippen MR) is 89.6 cm³/mol. The fourth-order valence-electron chi connectivity index (χ4n) is 1.88. The van der Waals surface area contributed by atoms with Gasteiger partial charge < -0.3 is 10.2 Å². The molecule has 136 valence electrons. The summed E-state index contributed by atoms with van der Waals surface area (Å²) in [6, 6.07) is 7.62. The Kier molecular flexibility index (Phi) is 6.48. The lowest BCUT2D eigenvalue weighted by atomic mass is 10.1. The molecular weight excluding hydrogens is 348 g/mol. The van der Waals surface area contributed by atoms with E-state index in [-0.39, 0.29) is 22.5 Å². The second kappa shape index (κ2) is 8.33. The predicted octanol–water partition coefficient (Wildman–Crippen LogP) is 3.20. The van der Waals surface area contributed by atoms with Gasteiger partial charge in [0.1, 0.15) is 0 Å². The highest BCUT2D eigenvalue weighted by Gasteiger charge is 2.14. The van der Waals surface area contributed by atoms with Crippen molar-refractivity contribution in [2.75, 3.05) is 0 Å². The zero-order chi connectivity index (χ0) is 20.0. The van der Waals surface area contributed by atoms with E-state index in [1.165, 1.54) is 24.3 Å². The van der Waals surface area contributed by atoms with Crippen LogP contribution >= 0.6 is 0 Å². The molecule has 0 radical (unpaired) electrons. The van der Waals surface area contributed by atoms with E-state index in [1.54, 1.807) is 13.8 Å². The van der Waals surface area contributed by atoms with Gasteiger partial charge in [0.25, 0.3) is 11.4 Å². The summed E-state index contributed by atoms with van der Waals surface area (Å²) >= 11 is 0. The first-order valence-corrected chi connectivity index (χ1v) is 7.01. The summed E-state index contributed by atoms with van der Waals surface area (Å²) in [6.45, 7) is 3.12. The zero-order valence-corrected chi connectivity index (χ0v) is 13.7. The van der Waals surface area contributed by atoms with Crippen LogP contribution in [0.1, 0.15) is 31.8 Å². The first kappa shape index (κ1) is 20.2. The van der Waals surface area contributed by atoms with Crippen molar-refractivity contribution in [2.45, 2.75) is 13.8 Å². The summed E-state index contributed by atoms with van der Waals surface area (Å²) in [5.74, 6) is -2.33. The molecule has 2 rings (SSSR count). The van der Waals surface area contributed by atoms with Crippen molar-refractivity contribution in [2.24, 2.45) is 0 Å². The number of carboxylic acids is 2. The molecule has 0 unspecified atom stereocenters. The molecule has 10 nitrogen and oxygen atoms in total. The minimum absolute atomic E-state index is 0.0719. The third kappa shape index (κ3) is 5.09. The van der Waals surface area contributed by atoms with Crippen LogP contribution in [-0.4, -0.2) is 32.0 Å². The standard InChI is InChI=1S/2C8H7NO4/c2*1-5-2-3-6(8(10)11)4-7(5)9(12)13/h2*2-4H,1H3,(H,10,11). The summed E-state index contributed by atoms with van der Waals surface area (Å²) < 4.78 is 0. The van der Waals surface area contributed by atoms with Crippen LogP contribution in [0.3, 0.4) is 0 Å². The van der Waals surface area contributed by atoms with E-state index in [0.717, 1.165) is 12.1 Å². The number of aryl methyl sites for hydroxylation is 2. The van der Waals surface area contributed by atoms with Gasteiger partial charge in [0.2, 0.25) is 0 Å². The SMILES string of the molecule is Cc1ccc(C(=O)O)cc1[N+](=O)[O-].Cc1ccc(C(=O)O)cc1[N+](=O)[O-]. The molecule has 26 heavy (non-hydrogen) atoms. The lowest BCUT2D eigenvalue weighted by Gasteiger charge is -1.97.